The van der Waals surface area contributed by atoms with Gasteiger partial charge in [-0.25, -0.2) is 9.48 Å². The van der Waals surface area contributed by atoms with E-state index in [-0.39, 0.29) is 0 Å². The lowest BCUT2D eigenvalue weighted by Crippen LogP contribution is -2.07. The van der Waals surface area contributed by atoms with Gasteiger partial charge in [-0.1, -0.05) is 0 Å². The largest absolute Gasteiger partial charge is 0.465 e. The Balaban J connectivity index is 2.45. The summed E-state index contributed by atoms with van der Waals surface area (Å²) in [6.07, 6.45) is -1.10. The molecule has 7 nitrogen and oxygen atoms in total. The van der Waals surface area contributed by atoms with Crippen molar-refractivity contribution in [2.24, 2.45) is 7.05 Å². The van der Waals surface area contributed by atoms with Crippen molar-refractivity contribution in [3.63, 3.8) is 0 Å². The molecule has 0 saturated carbocycles. The van der Waals surface area contributed by atoms with Gasteiger partial charge in [-0.3, -0.25) is 5.32 Å². The second-order valence-electron chi connectivity index (χ2n) is 3.64. The Bertz CT molecular complexity index is 564. The summed E-state index contributed by atoms with van der Waals surface area (Å²) in [4.78, 5) is 10.6. The first-order valence-corrected chi connectivity index (χ1v) is 4.90. The molecule has 1 heterocycles. The molecular formula is C10H11N5O2. The molecule has 2 aromatic rings. The van der Waals surface area contributed by atoms with E-state index in [1.165, 1.54) is 4.68 Å². The zero-order valence-electron chi connectivity index (χ0n) is 9.38. The summed E-state index contributed by atoms with van der Waals surface area (Å²) in [5, 5.41) is 22.1. The number of amides is 1. The number of aromatic nitrogens is 4. The fraction of sp³-hybridized carbons (Fsp3) is 0.200. The maximum Gasteiger partial charge on any atom is 0.409 e. The van der Waals surface area contributed by atoms with Crippen LogP contribution in [0.2, 0.25) is 0 Å². The molecule has 17 heavy (non-hydrogen) atoms. The van der Waals surface area contributed by atoms with Crippen LogP contribution in [0.1, 0.15) is 5.56 Å². The monoisotopic (exact) mass is 233 g/mol. The maximum absolute atomic E-state index is 10.6. The van der Waals surface area contributed by atoms with E-state index in [0.717, 1.165) is 11.1 Å². The third-order valence-electron chi connectivity index (χ3n) is 2.21. The van der Waals surface area contributed by atoms with Gasteiger partial charge in [0.05, 0.1) is 0 Å². The lowest BCUT2D eigenvalue weighted by Gasteiger charge is -2.06. The molecule has 0 bridgehead atoms. The molecule has 0 saturated heterocycles. The van der Waals surface area contributed by atoms with E-state index >= 15 is 0 Å². The smallest absolute Gasteiger partial charge is 0.409 e. The van der Waals surface area contributed by atoms with Crippen molar-refractivity contribution in [2.75, 3.05) is 5.32 Å². The number of rotatable bonds is 2. The number of aryl methyl sites for hydroxylation is 2. The van der Waals surface area contributed by atoms with Crippen molar-refractivity contribution in [3.8, 4) is 11.4 Å². The molecule has 0 fully saturated rings. The molecule has 2 N–H and O–H groups in total. The summed E-state index contributed by atoms with van der Waals surface area (Å²) in [7, 11) is 1.72. The van der Waals surface area contributed by atoms with E-state index in [4.69, 9.17) is 5.11 Å². The molecule has 0 spiro atoms. The van der Waals surface area contributed by atoms with Crippen LogP contribution in [0.25, 0.3) is 11.4 Å². The van der Waals surface area contributed by atoms with Crippen molar-refractivity contribution >= 4 is 11.8 Å². The molecule has 0 aliphatic carbocycles. The molecule has 0 unspecified atom stereocenters. The summed E-state index contributed by atoms with van der Waals surface area (Å²) in [6, 6.07) is 5.31. The molecule has 2 rings (SSSR count). The first-order valence-electron chi connectivity index (χ1n) is 4.90. The van der Waals surface area contributed by atoms with Gasteiger partial charge in [0.1, 0.15) is 0 Å². The van der Waals surface area contributed by atoms with Gasteiger partial charge in [-0.05, 0) is 41.1 Å². The Kier molecular flexibility index (Phi) is 2.73. The molecule has 88 valence electrons. The first-order chi connectivity index (χ1) is 8.06. The number of tetrazole rings is 1. The lowest BCUT2D eigenvalue weighted by atomic mass is 10.1. The van der Waals surface area contributed by atoms with Crippen LogP contribution in [0.4, 0.5) is 10.5 Å². The fourth-order valence-electron chi connectivity index (χ4n) is 1.58. The fourth-order valence-corrected chi connectivity index (χ4v) is 1.58. The Morgan fingerprint density at radius 1 is 1.41 bits per heavy atom. The van der Waals surface area contributed by atoms with Crippen LogP contribution in [-0.4, -0.2) is 31.4 Å². The van der Waals surface area contributed by atoms with Crippen LogP contribution < -0.4 is 5.32 Å². The van der Waals surface area contributed by atoms with Crippen molar-refractivity contribution in [1.82, 2.24) is 20.2 Å². The van der Waals surface area contributed by atoms with Gasteiger partial charge in [0.15, 0.2) is 5.82 Å². The van der Waals surface area contributed by atoms with Crippen molar-refractivity contribution in [3.05, 3.63) is 23.8 Å². The van der Waals surface area contributed by atoms with E-state index in [1.54, 1.807) is 19.2 Å². The van der Waals surface area contributed by atoms with Crippen LogP contribution in [0, 0.1) is 6.92 Å². The number of carboxylic acid groups (broad SMARTS) is 1. The Labute approximate surface area is 97.1 Å². The van der Waals surface area contributed by atoms with E-state index in [2.05, 4.69) is 20.8 Å². The minimum absolute atomic E-state index is 0.496. The Morgan fingerprint density at radius 3 is 2.76 bits per heavy atom. The van der Waals surface area contributed by atoms with Gasteiger partial charge in [0, 0.05) is 18.3 Å². The summed E-state index contributed by atoms with van der Waals surface area (Å²) >= 11 is 0. The van der Waals surface area contributed by atoms with Crippen LogP contribution in [0.15, 0.2) is 18.2 Å². The highest BCUT2D eigenvalue weighted by Gasteiger charge is 2.08. The van der Waals surface area contributed by atoms with Crippen LogP contribution >= 0.6 is 0 Å². The SMILES string of the molecule is Cc1cc(NC(=O)O)cc(-c2nnnn2C)c1. The third kappa shape index (κ3) is 2.39. The molecule has 0 radical (unpaired) electrons. The number of nitrogens with one attached hydrogen (secondary N) is 1. The van der Waals surface area contributed by atoms with Gasteiger partial charge in [0.25, 0.3) is 0 Å². The molecule has 1 aromatic carbocycles. The number of benzene rings is 1. The van der Waals surface area contributed by atoms with E-state index in [0.29, 0.717) is 11.5 Å². The van der Waals surface area contributed by atoms with Gasteiger partial charge in [-0.2, -0.15) is 0 Å². The zero-order chi connectivity index (χ0) is 12.4. The molecule has 7 heteroatoms. The average Bonchev–Trinajstić information content (AvgIpc) is 2.62. The molecule has 1 aromatic heterocycles. The number of nitrogens with zero attached hydrogens (tertiary/aromatic N) is 4. The van der Waals surface area contributed by atoms with Crippen molar-refractivity contribution < 1.29 is 9.90 Å². The number of carbonyl (C=O) groups is 1. The predicted octanol–water partition coefficient (Wildman–Crippen LogP) is 1.28. The summed E-state index contributed by atoms with van der Waals surface area (Å²) < 4.78 is 1.53. The number of anilines is 1. The van der Waals surface area contributed by atoms with Gasteiger partial charge < -0.3 is 5.11 Å². The van der Waals surface area contributed by atoms with Crippen LogP contribution in [-0.2, 0) is 7.05 Å². The Hall–Kier alpha value is -2.44. The van der Waals surface area contributed by atoms with Crippen molar-refractivity contribution in [2.45, 2.75) is 6.92 Å². The maximum atomic E-state index is 10.6. The summed E-state index contributed by atoms with van der Waals surface area (Å²) in [5.74, 6) is 0.585. The predicted molar refractivity (Wildman–Crippen MR) is 60.6 cm³/mol. The minimum atomic E-state index is -1.10. The second-order valence-corrected chi connectivity index (χ2v) is 3.64. The molecule has 0 aliphatic heterocycles. The normalized spacial score (nSPS) is 10.2. The third-order valence-corrected chi connectivity index (χ3v) is 2.21. The standard InChI is InChI=1S/C10H11N5O2/c1-6-3-7(9-12-13-14-15(9)2)5-8(4-6)11-10(16)17/h3-5,11H,1-2H3,(H,16,17). The van der Waals surface area contributed by atoms with Gasteiger partial charge >= 0.3 is 6.09 Å². The number of hydrogen-bond acceptors (Lipinski definition) is 4. The van der Waals surface area contributed by atoms with E-state index in [9.17, 15) is 4.79 Å². The number of hydrogen-bond donors (Lipinski definition) is 2. The van der Waals surface area contributed by atoms with E-state index < -0.39 is 6.09 Å². The minimum Gasteiger partial charge on any atom is -0.465 e. The second kappa shape index (κ2) is 4.20. The van der Waals surface area contributed by atoms with Gasteiger partial charge in [0.2, 0.25) is 0 Å². The highest BCUT2D eigenvalue weighted by atomic mass is 16.4. The first kappa shape index (κ1) is 11.1. The highest BCUT2D eigenvalue weighted by Crippen LogP contribution is 2.22. The molecule has 1 amide bonds. The topological polar surface area (TPSA) is 92.9 Å². The quantitative estimate of drug-likeness (QED) is 0.814. The molecule has 0 aliphatic rings. The highest BCUT2D eigenvalue weighted by molar-refractivity contribution is 5.84. The molecule has 0 atom stereocenters. The van der Waals surface area contributed by atoms with Gasteiger partial charge in [-0.15, -0.1) is 5.10 Å². The molecular weight excluding hydrogens is 222 g/mol. The lowest BCUT2D eigenvalue weighted by molar-refractivity contribution is 0.210. The van der Waals surface area contributed by atoms with Crippen LogP contribution in [0.5, 0.6) is 0 Å². The summed E-state index contributed by atoms with van der Waals surface area (Å²) in [5.41, 5.74) is 2.19. The van der Waals surface area contributed by atoms with E-state index in [1.807, 2.05) is 13.0 Å². The zero-order valence-corrected chi connectivity index (χ0v) is 9.38. The Morgan fingerprint density at radius 2 is 2.18 bits per heavy atom. The van der Waals surface area contributed by atoms with Crippen molar-refractivity contribution in [1.29, 1.82) is 0 Å². The average molecular weight is 233 g/mol. The van der Waals surface area contributed by atoms with Crippen LogP contribution in [0.3, 0.4) is 0 Å². The summed E-state index contributed by atoms with van der Waals surface area (Å²) in [6.45, 7) is 1.88.